The van der Waals surface area contributed by atoms with Crippen LogP contribution in [0.4, 0.5) is 0 Å². The Morgan fingerprint density at radius 1 is 0.889 bits per heavy atom. The summed E-state index contributed by atoms with van der Waals surface area (Å²) in [6.45, 7) is 8.00. The summed E-state index contributed by atoms with van der Waals surface area (Å²) < 4.78 is 18.3. The Bertz CT molecular complexity index is 99.7. The Morgan fingerprint density at radius 2 is 0.889 bits per heavy atom. The fraction of sp³-hybridized carbons (Fsp3) is 1.00. The van der Waals surface area contributed by atoms with Crippen molar-refractivity contribution in [3.05, 3.63) is 0 Å². The lowest BCUT2D eigenvalue weighted by Crippen LogP contribution is -1.63. The van der Waals surface area contributed by atoms with Gasteiger partial charge < -0.3 is 0 Å². The first-order valence-corrected chi connectivity index (χ1v) is 5.78. The highest BCUT2D eigenvalue weighted by atomic mass is 36.0. The second-order valence-corrected chi connectivity index (χ2v) is 4.05. The van der Waals surface area contributed by atoms with E-state index in [9.17, 15) is 0 Å². The van der Waals surface area contributed by atoms with E-state index in [0.717, 1.165) is 0 Å². The van der Waals surface area contributed by atoms with Crippen LogP contribution >= 0.6 is 21.4 Å². The van der Waals surface area contributed by atoms with E-state index in [0.29, 0.717) is 0 Å². The molecule has 0 radical (unpaired) electrons. The van der Waals surface area contributed by atoms with Gasteiger partial charge in [0, 0.05) is 21.4 Å². The number of rotatable bonds is 0. The van der Waals surface area contributed by atoms with E-state index < -0.39 is 8.26 Å². The van der Waals surface area contributed by atoms with Crippen LogP contribution in [0.15, 0.2) is 0 Å². The van der Waals surface area contributed by atoms with Gasteiger partial charge in [-0.25, -0.2) is 0 Å². The van der Waals surface area contributed by atoms with Crippen LogP contribution in [0.3, 0.4) is 0 Å². The van der Waals surface area contributed by atoms with Gasteiger partial charge in [0.2, 0.25) is 0 Å². The highest BCUT2D eigenvalue weighted by molar-refractivity contribution is 8.31. The van der Waals surface area contributed by atoms with E-state index in [1.54, 1.807) is 0 Å². The molecule has 0 unspecified atom stereocenters. The average molecular weight is 195 g/mol. The molecule has 2 nitrogen and oxygen atoms in total. The summed E-state index contributed by atoms with van der Waals surface area (Å²) >= 11 is 0. The van der Waals surface area contributed by atoms with E-state index in [-0.39, 0.29) is 0 Å². The first-order chi connectivity index (χ1) is 4.00. The second-order valence-electron chi connectivity index (χ2n) is 0.378. The van der Waals surface area contributed by atoms with Crippen LogP contribution in [0.25, 0.3) is 0 Å². The van der Waals surface area contributed by atoms with Crippen molar-refractivity contribution in [1.82, 2.24) is 0 Å². The normalized spacial score (nSPS) is 7.78. The zero-order valence-corrected chi connectivity index (χ0v) is 8.31. The molecule has 0 amide bonds. The maximum Gasteiger partial charge on any atom is 0.317 e. The van der Waals surface area contributed by atoms with Crippen molar-refractivity contribution in [2.45, 2.75) is 27.7 Å². The molecule has 0 saturated heterocycles. The molecule has 0 rings (SSSR count). The molecule has 0 saturated carbocycles. The smallest absolute Gasteiger partial charge is 0.195 e. The van der Waals surface area contributed by atoms with Gasteiger partial charge in [-0.1, -0.05) is 27.7 Å². The highest BCUT2D eigenvalue weighted by Gasteiger charge is 1.88. The third kappa shape index (κ3) is 1290. The maximum atomic E-state index is 9.16. The lowest BCUT2D eigenvalue weighted by Gasteiger charge is -1.61. The van der Waals surface area contributed by atoms with Crippen LogP contribution in [-0.4, -0.2) is 8.42 Å². The fourth-order valence-electron chi connectivity index (χ4n) is 0. The number of hydrogen-bond donors (Lipinski definition) is 0. The predicted octanol–water partition coefficient (Wildman–Crippen LogP) is 2.76. The Labute approximate surface area is 66.1 Å². The molecule has 0 aromatic carbocycles. The highest BCUT2D eigenvalue weighted by Crippen LogP contribution is 1.98. The third-order valence-electron chi connectivity index (χ3n) is 0. The van der Waals surface area contributed by atoms with Crippen molar-refractivity contribution in [2.75, 3.05) is 0 Å². The molecule has 0 bridgehead atoms. The van der Waals surface area contributed by atoms with Crippen LogP contribution in [0.1, 0.15) is 27.7 Å². The zero-order chi connectivity index (χ0) is 8.50. The Balaban J connectivity index is -0.0000000771. The monoisotopic (exact) mass is 194 g/mol. The van der Waals surface area contributed by atoms with E-state index in [1.807, 2.05) is 27.7 Å². The first-order valence-electron chi connectivity index (χ1n) is 2.64. The van der Waals surface area contributed by atoms with Crippen LogP contribution < -0.4 is 0 Å². The van der Waals surface area contributed by atoms with Gasteiger partial charge in [-0.2, -0.15) is 8.42 Å². The lowest BCUT2D eigenvalue weighted by atomic mass is 11.0. The van der Waals surface area contributed by atoms with Gasteiger partial charge in [-0.15, -0.1) is 0 Å². The SMILES string of the molecule is CC.CC.O=S(=O)(Cl)Cl. The summed E-state index contributed by atoms with van der Waals surface area (Å²) in [7, 11) is 4.81. The quantitative estimate of drug-likeness (QED) is 0.557. The first kappa shape index (κ1) is 16.3. The molecular formula is C4H12Cl2O2S. The fourth-order valence-corrected chi connectivity index (χ4v) is 0. The standard InChI is InChI=1S/2C2H6.Cl2O2S/c2*1-2;1-5(2,3)4/h2*1-2H3;. The summed E-state index contributed by atoms with van der Waals surface area (Å²) in [6.07, 6.45) is 0. The van der Waals surface area contributed by atoms with Crippen molar-refractivity contribution in [2.24, 2.45) is 0 Å². The lowest BCUT2D eigenvalue weighted by molar-refractivity contribution is 0.621. The van der Waals surface area contributed by atoms with Crippen LogP contribution in [0.2, 0.25) is 0 Å². The molecule has 0 atom stereocenters. The molecule has 0 N–H and O–H groups in total. The maximum absolute atomic E-state index is 9.16. The molecule has 0 aromatic heterocycles. The molecular weight excluding hydrogens is 183 g/mol. The van der Waals surface area contributed by atoms with Crippen LogP contribution in [0.5, 0.6) is 0 Å². The van der Waals surface area contributed by atoms with Gasteiger partial charge >= 0.3 is 8.26 Å². The molecule has 60 valence electrons. The predicted molar refractivity (Wildman–Crippen MR) is 43.3 cm³/mol. The topological polar surface area (TPSA) is 34.1 Å². The molecule has 0 aliphatic rings. The minimum Gasteiger partial charge on any atom is -0.195 e. The van der Waals surface area contributed by atoms with E-state index in [1.165, 1.54) is 0 Å². The molecule has 0 aliphatic carbocycles. The van der Waals surface area contributed by atoms with Crippen molar-refractivity contribution in [3.63, 3.8) is 0 Å². The number of hydrogen-bond acceptors (Lipinski definition) is 2. The number of halogens is 2. The molecule has 0 fully saturated rings. The van der Waals surface area contributed by atoms with Gasteiger partial charge in [-0.05, 0) is 0 Å². The van der Waals surface area contributed by atoms with Crippen molar-refractivity contribution < 1.29 is 8.42 Å². The molecule has 5 heteroatoms. The summed E-state index contributed by atoms with van der Waals surface area (Å²) in [5.74, 6) is 0. The molecule has 0 heterocycles. The van der Waals surface area contributed by atoms with Gasteiger partial charge in [-0.3, -0.25) is 0 Å². The largest absolute Gasteiger partial charge is 0.317 e. The van der Waals surface area contributed by atoms with E-state index in [4.69, 9.17) is 8.42 Å². The Kier molecular flexibility index (Phi) is 20.5. The summed E-state index contributed by atoms with van der Waals surface area (Å²) in [5.41, 5.74) is 0. The molecule has 0 spiro atoms. The summed E-state index contributed by atoms with van der Waals surface area (Å²) in [6, 6.07) is 0. The van der Waals surface area contributed by atoms with Crippen LogP contribution in [0, 0.1) is 0 Å². The van der Waals surface area contributed by atoms with Crippen molar-refractivity contribution in [1.29, 1.82) is 0 Å². The molecule has 9 heavy (non-hydrogen) atoms. The van der Waals surface area contributed by atoms with Gasteiger partial charge in [0.15, 0.2) is 0 Å². The van der Waals surface area contributed by atoms with E-state index in [2.05, 4.69) is 21.4 Å². The van der Waals surface area contributed by atoms with E-state index >= 15 is 0 Å². The zero-order valence-electron chi connectivity index (χ0n) is 5.98. The Morgan fingerprint density at radius 3 is 0.889 bits per heavy atom. The summed E-state index contributed by atoms with van der Waals surface area (Å²) in [5, 5.41) is 0. The minimum absolute atomic E-state index is 2.00. The van der Waals surface area contributed by atoms with Crippen LogP contribution in [-0.2, 0) is 8.26 Å². The third-order valence-corrected chi connectivity index (χ3v) is 0. The minimum atomic E-state index is -3.72. The van der Waals surface area contributed by atoms with Gasteiger partial charge in [0.1, 0.15) is 0 Å². The molecule has 0 aromatic rings. The second kappa shape index (κ2) is 11.3. The van der Waals surface area contributed by atoms with Crippen molar-refractivity contribution >= 4 is 29.6 Å². The summed E-state index contributed by atoms with van der Waals surface area (Å²) in [4.78, 5) is 0. The average Bonchev–Trinajstić information content (AvgIpc) is 1.72. The van der Waals surface area contributed by atoms with Crippen molar-refractivity contribution in [3.8, 4) is 0 Å². The van der Waals surface area contributed by atoms with Gasteiger partial charge in [0.05, 0.1) is 0 Å². The van der Waals surface area contributed by atoms with Gasteiger partial charge in [0.25, 0.3) is 0 Å². The Hall–Kier alpha value is 0.530. The molecule has 0 aliphatic heterocycles.